The topological polar surface area (TPSA) is 87.7 Å². The quantitative estimate of drug-likeness (QED) is 0.757. The van der Waals surface area contributed by atoms with E-state index in [2.05, 4.69) is 0 Å². The van der Waals surface area contributed by atoms with Crippen molar-refractivity contribution in [2.75, 3.05) is 0 Å². The zero-order valence-corrected chi connectivity index (χ0v) is 14.5. The van der Waals surface area contributed by atoms with Gasteiger partial charge in [0, 0.05) is 39.9 Å². The Labute approximate surface area is 145 Å². The molecule has 0 spiro atoms. The molecule has 5 rings (SSSR count). The fraction of sp³-hybridized carbons (Fsp3) is 0.600. The summed E-state index contributed by atoms with van der Waals surface area (Å²) in [6.07, 6.45) is 2.79. The van der Waals surface area contributed by atoms with Crippen LogP contribution in [-0.2, 0) is 10.2 Å². The molecule has 1 aromatic rings. The molecular weight excluding hydrogens is 320 g/mol. The summed E-state index contributed by atoms with van der Waals surface area (Å²) in [7, 11) is 0. The van der Waals surface area contributed by atoms with Gasteiger partial charge in [-0.3, -0.25) is 9.59 Å². The van der Waals surface area contributed by atoms with E-state index in [9.17, 15) is 19.8 Å². The standard InChI is InChI=1S/C20H22O5/c1-19-6-5-11(21)9-8-25-18(15(9)19)17(24)14-10-3-4-13(23)20(10,2)7-12(22)16(14)19/h8,10-12,21-22H,3-7H2,1-2H3/t10-,11-,12-,19-,20-/m0/s1. The maximum Gasteiger partial charge on any atom is 0.224 e. The van der Waals surface area contributed by atoms with Crippen LogP contribution in [0.4, 0.5) is 0 Å². The molecule has 132 valence electrons. The lowest BCUT2D eigenvalue weighted by Gasteiger charge is -2.49. The number of hydrogen-bond acceptors (Lipinski definition) is 5. The third-order valence-electron chi connectivity index (χ3n) is 7.35. The Morgan fingerprint density at radius 1 is 1.16 bits per heavy atom. The zero-order chi connectivity index (χ0) is 17.7. The van der Waals surface area contributed by atoms with Crippen LogP contribution in [0.15, 0.2) is 21.8 Å². The number of carbonyl (C=O) groups excluding carboxylic acids is 2. The summed E-state index contributed by atoms with van der Waals surface area (Å²) in [6.45, 7) is 3.93. The SMILES string of the molecule is C[C@]12CC[C@H](O)c3coc(c31)C(=O)C1=C2[C@@H](O)C[C@]2(C)C(=O)CC[C@@H]12. The number of furan rings is 1. The van der Waals surface area contributed by atoms with Gasteiger partial charge in [-0.25, -0.2) is 0 Å². The van der Waals surface area contributed by atoms with E-state index >= 15 is 0 Å². The van der Waals surface area contributed by atoms with Crippen LogP contribution in [0.1, 0.15) is 73.7 Å². The van der Waals surface area contributed by atoms with Crippen molar-refractivity contribution < 1.29 is 24.2 Å². The first-order valence-corrected chi connectivity index (χ1v) is 9.09. The minimum absolute atomic E-state index is 0.142. The van der Waals surface area contributed by atoms with E-state index in [4.69, 9.17) is 4.42 Å². The lowest BCUT2D eigenvalue weighted by Crippen LogP contribution is -2.49. The lowest BCUT2D eigenvalue weighted by molar-refractivity contribution is -0.127. The van der Waals surface area contributed by atoms with E-state index < -0.39 is 23.0 Å². The van der Waals surface area contributed by atoms with Crippen LogP contribution in [0.5, 0.6) is 0 Å². The van der Waals surface area contributed by atoms with Crippen LogP contribution in [0, 0.1) is 11.3 Å². The molecule has 5 atom stereocenters. The van der Waals surface area contributed by atoms with Crippen molar-refractivity contribution in [2.45, 2.75) is 63.6 Å². The van der Waals surface area contributed by atoms with Crippen LogP contribution >= 0.6 is 0 Å². The molecule has 0 bridgehead atoms. The Hall–Kier alpha value is -1.72. The Morgan fingerprint density at radius 3 is 2.68 bits per heavy atom. The molecule has 4 aliphatic carbocycles. The Morgan fingerprint density at radius 2 is 1.92 bits per heavy atom. The molecule has 0 unspecified atom stereocenters. The van der Waals surface area contributed by atoms with Crippen LogP contribution in [-0.4, -0.2) is 27.9 Å². The number of aliphatic hydroxyl groups excluding tert-OH is 2. The molecule has 5 nitrogen and oxygen atoms in total. The molecular formula is C20H22O5. The number of ketones is 2. The Balaban J connectivity index is 1.80. The van der Waals surface area contributed by atoms with Gasteiger partial charge in [0.25, 0.3) is 0 Å². The van der Waals surface area contributed by atoms with Gasteiger partial charge in [0.15, 0.2) is 5.76 Å². The predicted octanol–water partition coefficient (Wildman–Crippen LogP) is 2.61. The van der Waals surface area contributed by atoms with Crippen molar-refractivity contribution in [3.8, 4) is 0 Å². The lowest BCUT2D eigenvalue weighted by atomic mass is 9.53. The smallest absolute Gasteiger partial charge is 0.224 e. The number of aliphatic hydroxyl groups is 2. The van der Waals surface area contributed by atoms with Gasteiger partial charge >= 0.3 is 0 Å². The molecule has 1 saturated carbocycles. The summed E-state index contributed by atoms with van der Waals surface area (Å²) in [6, 6.07) is 0. The van der Waals surface area contributed by atoms with E-state index in [0.717, 1.165) is 11.1 Å². The van der Waals surface area contributed by atoms with Crippen LogP contribution < -0.4 is 0 Å². The summed E-state index contributed by atoms with van der Waals surface area (Å²) >= 11 is 0. The minimum atomic E-state index is -0.807. The molecule has 0 aromatic carbocycles. The van der Waals surface area contributed by atoms with E-state index in [-0.39, 0.29) is 17.5 Å². The zero-order valence-electron chi connectivity index (χ0n) is 14.5. The molecule has 1 aromatic heterocycles. The third kappa shape index (κ3) is 1.62. The van der Waals surface area contributed by atoms with E-state index in [1.165, 1.54) is 6.26 Å². The van der Waals surface area contributed by atoms with Gasteiger partial charge in [-0.15, -0.1) is 0 Å². The number of hydrogen-bond donors (Lipinski definition) is 2. The highest BCUT2D eigenvalue weighted by atomic mass is 16.3. The number of carbonyl (C=O) groups is 2. The summed E-state index contributed by atoms with van der Waals surface area (Å²) < 4.78 is 5.62. The van der Waals surface area contributed by atoms with E-state index in [1.807, 2.05) is 13.8 Å². The van der Waals surface area contributed by atoms with Crippen molar-refractivity contribution in [3.05, 3.63) is 34.3 Å². The largest absolute Gasteiger partial charge is 0.460 e. The summed E-state index contributed by atoms with van der Waals surface area (Å²) in [5.74, 6) is 0.0978. The highest BCUT2D eigenvalue weighted by Gasteiger charge is 2.60. The summed E-state index contributed by atoms with van der Waals surface area (Å²) in [5, 5.41) is 21.3. The van der Waals surface area contributed by atoms with Gasteiger partial charge in [-0.1, -0.05) is 13.8 Å². The second kappa shape index (κ2) is 4.51. The van der Waals surface area contributed by atoms with Crippen LogP contribution in [0.2, 0.25) is 0 Å². The number of allylic oxidation sites excluding steroid dienone is 1. The van der Waals surface area contributed by atoms with Crippen molar-refractivity contribution >= 4 is 11.6 Å². The number of Topliss-reactive ketones (excluding diaryl/α,β-unsaturated/α-hetero) is 2. The summed E-state index contributed by atoms with van der Waals surface area (Å²) in [5.41, 5.74) is 1.64. The molecule has 5 heteroatoms. The molecule has 1 heterocycles. The van der Waals surface area contributed by atoms with Crippen molar-refractivity contribution in [2.24, 2.45) is 11.3 Å². The van der Waals surface area contributed by atoms with Crippen molar-refractivity contribution in [1.29, 1.82) is 0 Å². The highest BCUT2D eigenvalue weighted by Crippen LogP contribution is 2.61. The molecule has 25 heavy (non-hydrogen) atoms. The van der Waals surface area contributed by atoms with Gasteiger partial charge in [0.2, 0.25) is 5.78 Å². The second-order valence-corrected chi connectivity index (χ2v) is 8.59. The number of rotatable bonds is 0. The third-order valence-corrected chi connectivity index (χ3v) is 7.35. The normalized spacial score (nSPS) is 42.3. The summed E-state index contributed by atoms with van der Waals surface area (Å²) in [4.78, 5) is 25.8. The number of fused-ring (bicyclic) bond motifs is 3. The van der Waals surface area contributed by atoms with Gasteiger partial charge in [-0.2, -0.15) is 0 Å². The van der Waals surface area contributed by atoms with Gasteiger partial charge in [-0.05, 0) is 31.3 Å². The molecule has 0 aliphatic heterocycles. The molecule has 4 aliphatic rings. The monoisotopic (exact) mass is 342 g/mol. The van der Waals surface area contributed by atoms with Gasteiger partial charge in [0.1, 0.15) is 5.78 Å². The van der Waals surface area contributed by atoms with E-state index in [1.54, 1.807) is 0 Å². The predicted molar refractivity (Wildman–Crippen MR) is 88.1 cm³/mol. The first-order valence-electron chi connectivity index (χ1n) is 9.09. The second-order valence-electron chi connectivity index (χ2n) is 8.59. The van der Waals surface area contributed by atoms with Crippen LogP contribution in [0.3, 0.4) is 0 Å². The fourth-order valence-corrected chi connectivity index (χ4v) is 6.06. The molecule has 0 radical (unpaired) electrons. The highest BCUT2D eigenvalue weighted by molar-refractivity contribution is 6.12. The molecule has 2 N–H and O–H groups in total. The van der Waals surface area contributed by atoms with E-state index in [0.29, 0.717) is 49.0 Å². The average molecular weight is 342 g/mol. The van der Waals surface area contributed by atoms with Crippen molar-refractivity contribution in [3.63, 3.8) is 0 Å². The maximum atomic E-state index is 13.3. The Kier molecular flexibility index (Phi) is 2.80. The van der Waals surface area contributed by atoms with Crippen LogP contribution in [0.25, 0.3) is 0 Å². The minimum Gasteiger partial charge on any atom is -0.460 e. The van der Waals surface area contributed by atoms with Gasteiger partial charge < -0.3 is 14.6 Å². The van der Waals surface area contributed by atoms with Gasteiger partial charge in [0.05, 0.1) is 18.5 Å². The fourth-order valence-electron chi connectivity index (χ4n) is 6.06. The first kappa shape index (κ1) is 15.5. The molecule has 1 fully saturated rings. The molecule has 0 saturated heterocycles. The molecule has 0 amide bonds. The first-order chi connectivity index (χ1) is 11.8. The maximum absolute atomic E-state index is 13.3. The average Bonchev–Trinajstić information content (AvgIpc) is 3.12. The van der Waals surface area contributed by atoms with Crippen molar-refractivity contribution in [1.82, 2.24) is 0 Å². The Bertz CT molecular complexity index is 861.